The number of halogens is 2. The summed E-state index contributed by atoms with van der Waals surface area (Å²) in [6.07, 6.45) is 2.22. The average molecular weight is 441 g/mol. The van der Waals surface area contributed by atoms with Gasteiger partial charge in [-0.15, -0.1) is 0 Å². The van der Waals surface area contributed by atoms with E-state index in [2.05, 4.69) is 10.5 Å². The van der Waals surface area contributed by atoms with Crippen molar-refractivity contribution in [2.24, 2.45) is 5.10 Å². The van der Waals surface area contributed by atoms with E-state index in [-0.39, 0.29) is 12.3 Å². The summed E-state index contributed by atoms with van der Waals surface area (Å²) in [5.41, 5.74) is 3.10. The van der Waals surface area contributed by atoms with Crippen molar-refractivity contribution in [2.75, 3.05) is 27.9 Å². The molecule has 2 aromatic carbocycles. The fourth-order valence-electron chi connectivity index (χ4n) is 2.46. The van der Waals surface area contributed by atoms with Crippen molar-refractivity contribution < 1.29 is 23.7 Å². The van der Waals surface area contributed by atoms with Crippen LogP contribution >= 0.6 is 23.2 Å². The highest BCUT2D eigenvalue weighted by Crippen LogP contribution is 2.38. The predicted molar refractivity (Wildman–Crippen MR) is 113 cm³/mol. The fraction of sp³-hybridized carbons (Fsp3) is 0.300. The highest BCUT2D eigenvalue weighted by atomic mass is 35.5. The molecule has 0 saturated carbocycles. The number of nitrogens with zero attached hydrogens (tertiary/aromatic N) is 1. The second kappa shape index (κ2) is 11.4. The second-order valence-electron chi connectivity index (χ2n) is 5.74. The van der Waals surface area contributed by atoms with Crippen molar-refractivity contribution in [1.82, 2.24) is 5.43 Å². The molecule has 156 valence electrons. The molecule has 2 aromatic rings. The maximum absolute atomic E-state index is 11.9. The summed E-state index contributed by atoms with van der Waals surface area (Å²) in [5.74, 6) is 1.72. The van der Waals surface area contributed by atoms with Crippen LogP contribution in [-0.4, -0.2) is 40.1 Å². The van der Waals surface area contributed by atoms with Crippen LogP contribution in [0.15, 0.2) is 35.4 Å². The number of carbonyl (C=O) groups excluding carboxylic acids is 1. The number of amides is 1. The number of methoxy groups -OCH3 is 3. The predicted octanol–water partition coefficient (Wildman–Crippen LogP) is 4.33. The zero-order chi connectivity index (χ0) is 21.2. The molecule has 0 aliphatic carbocycles. The smallest absolute Gasteiger partial charge is 0.240 e. The Bertz CT molecular complexity index is 874. The van der Waals surface area contributed by atoms with Crippen molar-refractivity contribution in [2.45, 2.75) is 12.8 Å². The molecule has 0 spiro atoms. The second-order valence-corrected chi connectivity index (χ2v) is 6.59. The minimum absolute atomic E-state index is 0.242. The first-order valence-electron chi connectivity index (χ1n) is 8.68. The lowest BCUT2D eigenvalue weighted by molar-refractivity contribution is -0.121. The number of nitrogens with one attached hydrogen (secondary N) is 1. The van der Waals surface area contributed by atoms with Crippen LogP contribution in [0, 0.1) is 0 Å². The van der Waals surface area contributed by atoms with Gasteiger partial charge in [0.25, 0.3) is 0 Å². The Morgan fingerprint density at radius 1 is 1.03 bits per heavy atom. The summed E-state index contributed by atoms with van der Waals surface area (Å²) in [7, 11) is 4.57. The molecular weight excluding hydrogens is 419 g/mol. The van der Waals surface area contributed by atoms with Gasteiger partial charge in [-0.25, -0.2) is 5.43 Å². The number of hydrazone groups is 1. The third kappa shape index (κ3) is 6.44. The van der Waals surface area contributed by atoms with E-state index in [1.165, 1.54) is 27.5 Å². The normalized spacial score (nSPS) is 10.7. The zero-order valence-corrected chi connectivity index (χ0v) is 17.8. The monoisotopic (exact) mass is 440 g/mol. The first-order valence-corrected chi connectivity index (χ1v) is 9.44. The van der Waals surface area contributed by atoms with Gasteiger partial charge in [0.15, 0.2) is 11.5 Å². The fourth-order valence-corrected chi connectivity index (χ4v) is 2.93. The molecule has 2 rings (SSSR count). The summed E-state index contributed by atoms with van der Waals surface area (Å²) < 4.78 is 21.4. The zero-order valence-electron chi connectivity index (χ0n) is 16.3. The number of hydrogen-bond donors (Lipinski definition) is 1. The van der Waals surface area contributed by atoms with Crippen LogP contribution in [0.5, 0.6) is 23.0 Å². The number of ether oxygens (including phenoxy) is 4. The molecule has 0 heterocycles. The SMILES string of the molecule is COc1ccc(C=NNC(=O)CCCOc2ccc(Cl)cc2Cl)c(OC)c1OC. The Morgan fingerprint density at radius 3 is 2.41 bits per heavy atom. The summed E-state index contributed by atoms with van der Waals surface area (Å²) in [6, 6.07) is 8.45. The molecule has 0 radical (unpaired) electrons. The van der Waals surface area contributed by atoms with Crippen LogP contribution in [0.25, 0.3) is 0 Å². The van der Waals surface area contributed by atoms with E-state index in [1.54, 1.807) is 30.3 Å². The molecule has 1 amide bonds. The summed E-state index contributed by atoms with van der Waals surface area (Å²) >= 11 is 11.9. The Hall–Kier alpha value is -2.64. The van der Waals surface area contributed by atoms with Crippen LogP contribution in [-0.2, 0) is 4.79 Å². The largest absolute Gasteiger partial charge is 0.493 e. The van der Waals surface area contributed by atoms with Gasteiger partial charge in [-0.3, -0.25) is 4.79 Å². The lowest BCUT2D eigenvalue weighted by atomic mass is 10.2. The number of rotatable bonds is 10. The lowest BCUT2D eigenvalue weighted by Gasteiger charge is -2.13. The molecule has 1 N–H and O–H groups in total. The minimum atomic E-state index is -0.244. The lowest BCUT2D eigenvalue weighted by Crippen LogP contribution is -2.18. The first-order chi connectivity index (χ1) is 14.0. The van der Waals surface area contributed by atoms with Crippen LogP contribution in [0.1, 0.15) is 18.4 Å². The highest BCUT2D eigenvalue weighted by molar-refractivity contribution is 6.35. The quantitative estimate of drug-likeness (QED) is 0.338. The van der Waals surface area contributed by atoms with Crippen molar-refractivity contribution in [3.63, 3.8) is 0 Å². The molecule has 29 heavy (non-hydrogen) atoms. The van der Waals surface area contributed by atoms with Gasteiger partial charge >= 0.3 is 0 Å². The van der Waals surface area contributed by atoms with Crippen molar-refractivity contribution >= 4 is 35.3 Å². The van der Waals surface area contributed by atoms with Crippen molar-refractivity contribution in [1.29, 1.82) is 0 Å². The Labute approximate surface area is 179 Å². The van der Waals surface area contributed by atoms with Gasteiger partial charge < -0.3 is 18.9 Å². The van der Waals surface area contributed by atoms with Crippen LogP contribution in [0.3, 0.4) is 0 Å². The third-order valence-corrected chi connectivity index (χ3v) is 4.36. The maximum Gasteiger partial charge on any atom is 0.240 e. The Morgan fingerprint density at radius 2 is 1.76 bits per heavy atom. The van der Waals surface area contributed by atoms with Crippen LogP contribution in [0.4, 0.5) is 0 Å². The molecule has 0 saturated heterocycles. The van der Waals surface area contributed by atoms with Gasteiger partial charge in [0.2, 0.25) is 11.7 Å². The molecule has 0 aliphatic heterocycles. The maximum atomic E-state index is 11.9. The van der Waals surface area contributed by atoms with E-state index in [0.29, 0.717) is 51.6 Å². The van der Waals surface area contributed by atoms with E-state index in [9.17, 15) is 4.79 Å². The van der Waals surface area contributed by atoms with Gasteiger partial charge in [-0.1, -0.05) is 23.2 Å². The third-order valence-electron chi connectivity index (χ3n) is 3.83. The van der Waals surface area contributed by atoms with Crippen LogP contribution in [0.2, 0.25) is 10.0 Å². The standard InChI is InChI=1S/C20H22Cl2N2O5/c1-26-17-8-6-13(19(27-2)20(17)28-3)12-23-24-18(25)5-4-10-29-16-9-7-14(21)11-15(16)22/h6-9,11-12H,4-5,10H2,1-3H3,(H,24,25). The molecule has 0 aromatic heterocycles. The first kappa shape index (κ1) is 22.6. The molecule has 0 atom stereocenters. The topological polar surface area (TPSA) is 78.4 Å². The van der Waals surface area contributed by atoms with E-state index < -0.39 is 0 Å². The molecule has 0 bridgehead atoms. The molecule has 7 nitrogen and oxygen atoms in total. The van der Waals surface area contributed by atoms with Crippen molar-refractivity contribution in [3.05, 3.63) is 45.9 Å². The van der Waals surface area contributed by atoms with Gasteiger partial charge in [0, 0.05) is 17.0 Å². The van der Waals surface area contributed by atoms with Crippen LogP contribution < -0.4 is 24.4 Å². The van der Waals surface area contributed by atoms with Gasteiger partial charge in [0.05, 0.1) is 39.2 Å². The van der Waals surface area contributed by atoms with E-state index in [4.69, 9.17) is 42.1 Å². The van der Waals surface area contributed by atoms with E-state index >= 15 is 0 Å². The van der Waals surface area contributed by atoms with E-state index in [1.807, 2.05) is 0 Å². The van der Waals surface area contributed by atoms with E-state index in [0.717, 1.165) is 0 Å². The Balaban J connectivity index is 1.83. The number of carbonyl (C=O) groups is 1. The number of hydrogen-bond acceptors (Lipinski definition) is 6. The molecular formula is C20H22Cl2N2O5. The molecule has 0 fully saturated rings. The highest BCUT2D eigenvalue weighted by Gasteiger charge is 2.14. The number of benzene rings is 2. The van der Waals surface area contributed by atoms with Gasteiger partial charge in [0.1, 0.15) is 5.75 Å². The summed E-state index contributed by atoms with van der Waals surface area (Å²) in [5, 5.41) is 4.92. The molecule has 0 aliphatic rings. The average Bonchev–Trinajstić information content (AvgIpc) is 2.71. The molecule has 0 unspecified atom stereocenters. The minimum Gasteiger partial charge on any atom is -0.493 e. The summed E-state index contributed by atoms with van der Waals surface area (Å²) in [4.78, 5) is 11.9. The Kier molecular flexibility index (Phi) is 8.89. The molecule has 9 heteroatoms. The van der Waals surface area contributed by atoms with Gasteiger partial charge in [-0.05, 0) is 36.8 Å². The van der Waals surface area contributed by atoms with Gasteiger partial charge in [-0.2, -0.15) is 5.10 Å². The summed E-state index contributed by atoms with van der Waals surface area (Å²) in [6.45, 7) is 0.335. The van der Waals surface area contributed by atoms with Crippen molar-refractivity contribution in [3.8, 4) is 23.0 Å².